The Morgan fingerprint density at radius 1 is 1.33 bits per heavy atom. The summed E-state index contributed by atoms with van der Waals surface area (Å²) in [6, 6.07) is 5.28. The van der Waals surface area contributed by atoms with Gasteiger partial charge in [0.05, 0.1) is 23.6 Å². The Hall–Kier alpha value is -3.24. The number of rotatable bonds is 6. The quantitative estimate of drug-likeness (QED) is 0.363. The Kier molecular flexibility index (Phi) is 6.36. The number of carbonyl (C=O) groups is 2. The third-order valence-electron chi connectivity index (χ3n) is 5.10. The predicted octanol–water partition coefficient (Wildman–Crippen LogP) is 1.85. The highest BCUT2D eigenvalue weighted by Gasteiger charge is 2.49. The number of nitro benzene ring substituents is 1. The zero-order chi connectivity index (χ0) is 24.6. The maximum atomic E-state index is 12.8. The fourth-order valence-electron chi connectivity index (χ4n) is 3.33. The van der Waals surface area contributed by atoms with E-state index in [1.165, 1.54) is 6.07 Å². The minimum absolute atomic E-state index is 0.166. The van der Waals surface area contributed by atoms with Gasteiger partial charge in [0.25, 0.3) is 15.8 Å². The normalized spacial score (nSPS) is 21.7. The Labute approximate surface area is 190 Å². The maximum absolute atomic E-state index is 12.8. The lowest BCUT2D eigenvalue weighted by atomic mass is 10.1. The molecule has 2 atom stereocenters. The van der Waals surface area contributed by atoms with Crippen LogP contribution < -0.4 is 5.32 Å². The summed E-state index contributed by atoms with van der Waals surface area (Å²) >= 11 is 0. The number of carbonyl (C=O) groups excluding carboxylic acids is 2. The van der Waals surface area contributed by atoms with Gasteiger partial charge in [0.1, 0.15) is 22.1 Å². The molecule has 0 bridgehead atoms. The Bertz CT molecular complexity index is 1120. The van der Waals surface area contributed by atoms with Crippen LogP contribution in [0.25, 0.3) is 0 Å². The average Bonchev–Trinajstić information content (AvgIpc) is 3.36. The minimum atomic E-state index is -4.43. The molecule has 0 unspecified atom stereocenters. The molecule has 3 rings (SSSR count). The van der Waals surface area contributed by atoms with Crippen LogP contribution in [0.5, 0.6) is 0 Å². The van der Waals surface area contributed by atoms with Crippen molar-refractivity contribution in [2.24, 2.45) is 0 Å². The Morgan fingerprint density at radius 3 is 2.55 bits per heavy atom. The highest BCUT2D eigenvalue weighted by Crippen LogP contribution is 2.35. The molecule has 1 saturated heterocycles. The van der Waals surface area contributed by atoms with E-state index >= 15 is 0 Å². The second kappa shape index (κ2) is 8.60. The number of hydrogen-bond donors (Lipinski definition) is 1. The van der Waals surface area contributed by atoms with Crippen LogP contribution >= 0.6 is 0 Å². The fourth-order valence-corrected chi connectivity index (χ4v) is 4.45. The van der Waals surface area contributed by atoms with Gasteiger partial charge in [-0.1, -0.05) is 6.07 Å². The molecule has 2 aliphatic rings. The van der Waals surface area contributed by atoms with Crippen LogP contribution in [-0.4, -0.2) is 60.1 Å². The van der Waals surface area contributed by atoms with Crippen LogP contribution in [0.1, 0.15) is 40.0 Å². The van der Waals surface area contributed by atoms with E-state index in [2.05, 4.69) is 5.32 Å². The highest BCUT2D eigenvalue weighted by atomic mass is 32.2. The molecule has 1 saturated carbocycles. The Morgan fingerprint density at radius 2 is 2.00 bits per heavy atom. The summed E-state index contributed by atoms with van der Waals surface area (Å²) in [7, 11) is -4.43. The molecule has 1 aromatic carbocycles. The van der Waals surface area contributed by atoms with Gasteiger partial charge in [-0.25, -0.2) is 4.79 Å². The van der Waals surface area contributed by atoms with Gasteiger partial charge in [0, 0.05) is 18.6 Å². The summed E-state index contributed by atoms with van der Waals surface area (Å²) in [6.45, 7) is 4.67. The summed E-state index contributed by atoms with van der Waals surface area (Å²) in [5.74, 6) is -0.612. The number of likely N-dealkylation sites (tertiary alicyclic amines) is 1. The second-order valence-electron chi connectivity index (χ2n) is 8.99. The molecule has 0 aromatic heterocycles. The van der Waals surface area contributed by atoms with Gasteiger partial charge in [0.15, 0.2) is 0 Å². The number of hydrogen-bond acceptors (Lipinski definition) is 9. The summed E-state index contributed by atoms with van der Waals surface area (Å²) in [5, 5.41) is 22.8. The van der Waals surface area contributed by atoms with Gasteiger partial charge in [-0.15, -0.1) is 0 Å². The van der Waals surface area contributed by atoms with E-state index in [-0.39, 0.29) is 13.0 Å². The summed E-state index contributed by atoms with van der Waals surface area (Å²) in [6.07, 6.45) is -1.13. The molecule has 1 heterocycles. The van der Waals surface area contributed by atoms with Crippen molar-refractivity contribution < 1.29 is 31.9 Å². The zero-order valence-corrected chi connectivity index (χ0v) is 19.1. The van der Waals surface area contributed by atoms with Crippen molar-refractivity contribution in [3.8, 4) is 6.07 Å². The number of nitrogens with one attached hydrogen (secondary N) is 1. The summed E-state index contributed by atoms with van der Waals surface area (Å²) in [4.78, 5) is 36.4. The van der Waals surface area contributed by atoms with E-state index in [1.807, 2.05) is 6.07 Å². The van der Waals surface area contributed by atoms with Crippen molar-refractivity contribution in [1.82, 2.24) is 10.2 Å². The number of ether oxygens (including phenoxy) is 1. The molecule has 0 radical (unpaired) electrons. The third kappa shape index (κ3) is 5.77. The average molecular weight is 480 g/mol. The monoisotopic (exact) mass is 480 g/mol. The van der Waals surface area contributed by atoms with E-state index in [1.54, 1.807) is 20.8 Å². The lowest BCUT2D eigenvalue weighted by Gasteiger charge is -2.28. The molecule has 12 nitrogen and oxygen atoms in total. The van der Waals surface area contributed by atoms with Gasteiger partial charge in [0.2, 0.25) is 5.91 Å². The smallest absolute Gasteiger partial charge is 0.411 e. The van der Waals surface area contributed by atoms with Gasteiger partial charge in [-0.2, -0.15) is 13.7 Å². The van der Waals surface area contributed by atoms with Gasteiger partial charge >= 0.3 is 6.09 Å². The van der Waals surface area contributed by atoms with Crippen LogP contribution in [0.15, 0.2) is 29.2 Å². The lowest BCUT2D eigenvalue weighted by molar-refractivity contribution is -0.385. The van der Waals surface area contributed by atoms with Crippen molar-refractivity contribution in [2.75, 3.05) is 6.54 Å². The van der Waals surface area contributed by atoms with Crippen LogP contribution in [0.2, 0.25) is 0 Å². The number of non-ortho nitro benzene ring substituents is 1. The van der Waals surface area contributed by atoms with E-state index < -0.39 is 60.9 Å². The van der Waals surface area contributed by atoms with E-state index in [0.717, 1.165) is 23.1 Å². The first-order valence-electron chi connectivity index (χ1n) is 10.2. The number of nitro groups is 1. The van der Waals surface area contributed by atoms with Crippen LogP contribution in [0, 0.1) is 21.4 Å². The van der Waals surface area contributed by atoms with Gasteiger partial charge in [-0.05, 0) is 39.7 Å². The summed E-state index contributed by atoms with van der Waals surface area (Å²) in [5.41, 5.74) is -2.27. The van der Waals surface area contributed by atoms with Crippen molar-refractivity contribution >= 4 is 27.8 Å². The molecular weight excluding hydrogens is 456 g/mol. The Balaban J connectivity index is 1.81. The molecule has 1 aromatic rings. The summed E-state index contributed by atoms with van der Waals surface area (Å²) < 4.78 is 36.0. The van der Waals surface area contributed by atoms with Crippen molar-refractivity contribution in [3.05, 3.63) is 34.4 Å². The predicted molar refractivity (Wildman–Crippen MR) is 112 cm³/mol. The van der Waals surface area contributed by atoms with E-state index in [4.69, 9.17) is 8.92 Å². The SMILES string of the molecule is CC(C)(C)OC(=O)N1C[C@@H](OS(=O)(=O)c2cccc([N+](=O)[O-])c2)C[C@H]1C(=O)NC1(C#N)CC1. The molecule has 13 heteroatoms. The first-order valence-corrected chi connectivity index (χ1v) is 11.6. The van der Waals surface area contributed by atoms with Crippen molar-refractivity contribution in [1.29, 1.82) is 5.26 Å². The van der Waals surface area contributed by atoms with Crippen molar-refractivity contribution in [3.63, 3.8) is 0 Å². The van der Waals surface area contributed by atoms with Gasteiger partial charge < -0.3 is 10.1 Å². The van der Waals surface area contributed by atoms with Gasteiger partial charge in [-0.3, -0.25) is 24.0 Å². The minimum Gasteiger partial charge on any atom is -0.444 e. The first-order chi connectivity index (χ1) is 15.3. The number of nitriles is 1. The van der Waals surface area contributed by atoms with Crippen LogP contribution in [-0.2, 0) is 23.8 Å². The topological polar surface area (TPSA) is 169 Å². The lowest BCUT2D eigenvalue weighted by Crippen LogP contribution is -2.50. The number of nitrogens with zero attached hydrogens (tertiary/aromatic N) is 3. The molecular formula is C20H24N4O8S. The molecule has 178 valence electrons. The number of amides is 2. The molecule has 1 N–H and O–H groups in total. The second-order valence-corrected chi connectivity index (χ2v) is 10.6. The molecule has 2 amide bonds. The van der Waals surface area contributed by atoms with Crippen LogP contribution in [0.4, 0.5) is 10.5 Å². The molecule has 0 spiro atoms. The maximum Gasteiger partial charge on any atom is 0.411 e. The molecule has 1 aliphatic heterocycles. The fraction of sp³-hybridized carbons (Fsp3) is 0.550. The molecule has 2 fully saturated rings. The van der Waals surface area contributed by atoms with E-state index in [9.17, 15) is 33.4 Å². The molecule has 33 heavy (non-hydrogen) atoms. The standard InChI is InChI=1S/C20H24N4O8S/c1-19(2,3)31-18(26)23-11-14(10-16(23)17(25)22-20(12-21)7-8-20)32-33(29,30)15-6-4-5-13(9-15)24(27)28/h4-6,9,14,16H,7-8,10-11H2,1-3H3,(H,22,25)/t14-,16-/m0/s1. The third-order valence-corrected chi connectivity index (χ3v) is 6.46. The largest absolute Gasteiger partial charge is 0.444 e. The first kappa shape index (κ1) is 24.4. The molecule has 1 aliphatic carbocycles. The number of benzene rings is 1. The van der Waals surface area contributed by atoms with Crippen LogP contribution in [0.3, 0.4) is 0 Å². The van der Waals surface area contributed by atoms with E-state index in [0.29, 0.717) is 12.8 Å². The zero-order valence-electron chi connectivity index (χ0n) is 18.3. The van der Waals surface area contributed by atoms with Crippen molar-refractivity contribution in [2.45, 2.75) is 68.2 Å². The highest BCUT2D eigenvalue weighted by molar-refractivity contribution is 7.86.